The van der Waals surface area contributed by atoms with E-state index in [9.17, 15) is 0 Å². The van der Waals surface area contributed by atoms with E-state index < -0.39 is 0 Å². The second-order valence-corrected chi connectivity index (χ2v) is 7.83. The van der Waals surface area contributed by atoms with E-state index in [1.165, 1.54) is 0 Å². The molecular weight excluding hydrogens is 411 g/mol. The van der Waals surface area contributed by atoms with Crippen molar-refractivity contribution in [1.82, 2.24) is 0 Å². The Labute approximate surface area is 182 Å². The summed E-state index contributed by atoms with van der Waals surface area (Å²) in [5.74, 6) is 0. The largest absolute Gasteiger partial charge is 1.00 e. The van der Waals surface area contributed by atoms with Crippen LogP contribution in [0.3, 0.4) is 0 Å². The quantitative estimate of drug-likeness (QED) is 0.700. The molecule has 0 radical (unpaired) electrons. The molecule has 1 aliphatic carbocycles. The highest BCUT2D eigenvalue weighted by Gasteiger charge is 2.22. The molecule has 2 aromatic rings. The summed E-state index contributed by atoms with van der Waals surface area (Å²) in [5.41, 5.74) is 15.7. The molecule has 0 bridgehead atoms. The topological polar surface area (TPSA) is 51.6 Å². The van der Waals surface area contributed by atoms with Crippen LogP contribution in [0.25, 0.3) is 5.57 Å². The Balaban J connectivity index is 0.00000280. The Kier molecular flexibility index (Phi) is 6.82. The summed E-state index contributed by atoms with van der Waals surface area (Å²) in [6.07, 6.45) is 4.16. The van der Waals surface area contributed by atoms with Crippen LogP contribution in [0.4, 0.5) is 5.69 Å². The summed E-state index contributed by atoms with van der Waals surface area (Å²) < 4.78 is 0. The van der Waals surface area contributed by atoms with Crippen LogP contribution >= 0.6 is 23.2 Å². The number of nitrogens with two attached hydrogens (primary N) is 2. The molecule has 0 spiro atoms. The van der Waals surface area contributed by atoms with Gasteiger partial charge in [0, 0.05) is 32.4 Å². The van der Waals surface area contributed by atoms with Gasteiger partial charge >= 0.3 is 0 Å². The molecule has 4 N–H and O–H groups in total. The molecule has 28 heavy (non-hydrogen) atoms. The molecule has 3 rings (SSSR count). The number of hydrogen-bond acceptors (Lipinski definition) is 1. The minimum atomic E-state index is 0. The maximum Gasteiger partial charge on any atom is 0.202 e. The molecule has 0 saturated heterocycles. The van der Waals surface area contributed by atoms with E-state index in [1.54, 1.807) is 0 Å². The predicted molar refractivity (Wildman–Crippen MR) is 117 cm³/mol. The predicted octanol–water partition coefficient (Wildman–Crippen LogP) is 2.10. The van der Waals surface area contributed by atoms with Crippen molar-refractivity contribution in [2.45, 2.75) is 27.7 Å². The van der Waals surface area contributed by atoms with Gasteiger partial charge in [0.25, 0.3) is 0 Å². The first-order chi connectivity index (χ1) is 12.7. The fourth-order valence-electron chi connectivity index (χ4n) is 3.43. The number of halogens is 3. The van der Waals surface area contributed by atoms with Gasteiger partial charge in [0.1, 0.15) is 0 Å². The van der Waals surface area contributed by atoms with E-state index in [0.29, 0.717) is 10.0 Å². The van der Waals surface area contributed by atoms with Crippen LogP contribution in [0.1, 0.15) is 36.1 Å². The molecule has 1 aliphatic rings. The first kappa shape index (κ1) is 22.3. The Morgan fingerprint density at radius 3 is 1.82 bits per heavy atom. The molecule has 0 fully saturated rings. The summed E-state index contributed by atoms with van der Waals surface area (Å²) in [5, 5.41) is 7.39. The maximum absolute atomic E-state index is 6.59. The van der Waals surface area contributed by atoms with Crippen molar-refractivity contribution in [2.75, 3.05) is 5.73 Å². The van der Waals surface area contributed by atoms with Gasteiger partial charge in [-0.05, 0) is 91.9 Å². The molecule has 0 aliphatic heterocycles. The lowest BCUT2D eigenvalue weighted by atomic mass is 9.85. The van der Waals surface area contributed by atoms with E-state index in [4.69, 9.17) is 34.3 Å². The minimum absolute atomic E-state index is 0. The standard InChI is InChI=1S/C23H22Cl2N2.ClH/c1-12-8-16(9-13(2)22(12)26)20(21-18(24)6-5-7-19(21)25)17-10-14(3)23(27)15(4)11-17;/h5-11,26H,27H2,1-4H3;1H. The Morgan fingerprint density at radius 1 is 0.893 bits per heavy atom. The van der Waals surface area contributed by atoms with Gasteiger partial charge in [-0.2, -0.15) is 0 Å². The van der Waals surface area contributed by atoms with Crippen molar-refractivity contribution in [3.05, 3.63) is 91.5 Å². The average molecular weight is 434 g/mol. The molecule has 2 nitrogen and oxygen atoms in total. The zero-order valence-corrected chi connectivity index (χ0v) is 18.6. The first-order valence-electron chi connectivity index (χ1n) is 8.76. The van der Waals surface area contributed by atoms with Crippen LogP contribution in [0, 0.1) is 13.8 Å². The van der Waals surface area contributed by atoms with Crippen LogP contribution in [0.15, 0.2) is 59.2 Å². The SMILES string of the molecule is CC1=CC(=C(c2cc(C)c(N)c(C)c2)c2c(Cl)cccc2Cl)C=C(C)C1=[NH2+].[Cl-]. The smallest absolute Gasteiger partial charge is 0.202 e. The number of aryl methyl sites for hydroxylation is 2. The lowest BCUT2D eigenvalue weighted by molar-refractivity contribution is -0.112. The monoisotopic (exact) mass is 432 g/mol. The lowest BCUT2D eigenvalue weighted by Crippen LogP contribution is -3.00. The van der Waals surface area contributed by atoms with Crippen LogP contribution in [-0.2, 0) is 0 Å². The summed E-state index contributed by atoms with van der Waals surface area (Å²) in [6, 6.07) is 9.73. The number of allylic oxidation sites excluding steroid dienone is 5. The van der Waals surface area contributed by atoms with Gasteiger partial charge < -0.3 is 18.1 Å². The van der Waals surface area contributed by atoms with Crippen LogP contribution in [0.2, 0.25) is 10.0 Å². The van der Waals surface area contributed by atoms with Crippen LogP contribution in [0.5, 0.6) is 0 Å². The Hall–Kier alpha value is -2.00. The van der Waals surface area contributed by atoms with E-state index >= 15 is 0 Å². The molecule has 0 heterocycles. The van der Waals surface area contributed by atoms with Gasteiger partial charge in [0.15, 0.2) is 0 Å². The van der Waals surface area contributed by atoms with Gasteiger partial charge in [0.2, 0.25) is 5.71 Å². The van der Waals surface area contributed by atoms with Crippen molar-refractivity contribution in [3.63, 3.8) is 0 Å². The third-order valence-corrected chi connectivity index (χ3v) is 5.61. The molecule has 0 atom stereocenters. The summed E-state index contributed by atoms with van der Waals surface area (Å²) in [7, 11) is 0. The third kappa shape index (κ3) is 4.05. The van der Waals surface area contributed by atoms with Crippen molar-refractivity contribution in [2.24, 2.45) is 0 Å². The minimum Gasteiger partial charge on any atom is -1.00 e. The van der Waals surface area contributed by atoms with E-state index in [-0.39, 0.29) is 12.4 Å². The van der Waals surface area contributed by atoms with Gasteiger partial charge in [-0.3, -0.25) is 5.41 Å². The number of nitrogen functional groups attached to an aromatic ring is 1. The number of benzene rings is 2. The van der Waals surface area contributed by atoms with E-state index in [0.717, 1.165) is 55.9 Å². The van der Waals surface area contributed by atoms with Gasteiger partial charge in [0.05, 0.1) is 0 Å². The summed E-state index contributed by atoms with van der Waals surface area (Å²) >= 11 is 13.2. The number of anilines is 1. The van der Waals surface area contributed by atoms with Crippen molar-refractivity contribution >= 4 is 40.2 Å². The van der Waals surface area contributed by atoms with Crippen molar-refractivity contribution in [3.8, 4) is 0 Å². The zero-order chi connectivity index (χ0) is 19.9. The van der Waals surface area contributed by atoms with Gasteiger partial charge in [-0.15, -0.1) is 0 Å². The number of rotatable bonds is 2. The fraction of sp³-hybridized carbons (Fsp3) is 0.174. The van der Waals surface area contributed by atoms with Gasteiger partial charge in [-0.25, -0.2) is 0 Å². The third-order valence-electron chi connectivity index (χ3n) is 4.98. The highest BCUT2D eigenvalue weighted by atomic mass is 35.5. The van der Waals surface area contributed by atoms with E-state index in [1.807, 2.05) is 45.9 Å². The fourth-order valence-corrected chi connectivity index (χ4v) is 4.02. The molecular formula is C23H23Cl3N2. The highest BCUT2D eigenvalue weighted by Crippen LogP contribution is 2.40. The van der Waals surface area contributed by atoms with Crippen molar-refractivity contribution < 1.29 is 17.8 Å². The van der Waals surface area contributed by atoms with Crippen LogP contribution < -0.4 is 23.5 Å². The molecule has 0 saturated carbocycles. The van der Waals surface area contributed by atoms with E-state index in [2.05, 4.69) is 24.3 Å². The number of hydrogen-bond donors (Lipinski definition) is 2. The second kappa shape index (κ2) is 8.57. The molecule has 5 heteroatoms. The Bertz CT molecular complexity index is 992. The first-order valence-corrected chi connectivity index (χ1v) is 9.51. The molecule has 0 unspecified atom stereocenters. The molecule has 0 amide bonds. The molecule has 146 valence electrons. The molecule has 2 aromatic carbocycles. The Morgan fingerprint density at radius 2 is 1.36 bits per heavy atom. The average Bonchev–Trinajstić information content (AvgIpc) is 2.60. The van der Waals surface area contributed by atoms with Crippen LogP contribution in [-0.4, -0.2) is 5.71 Å². The summed E-state index contributed by atoms with van der Waals surface area (Å²) in [6.45, 7) is 8.04. The maximum atomic E-state index is 6.59. The lowest BCUT2D eigenvalue weighted by Gasteiger charge is -2.19. The normalized spacial score (nSPS) is 13.6. The second-order valence-electron chi connectivity index (χ2n) is 7.02. The van der Waals surface area contributed by atoms with Gasteiger partial charge in [-0.1, -0.05) is 29.3 Å². The zero-order valence-electron chi connectivity index (χ0n) is 16.3. The molecule has 0 aromatic heterocycles. The summed E-state index contributed by atoms with van der Waals surface area (Å²) in [4.78, 5) is 0. The highest BCUT2D eigenvalue weighted by molar-refractivity contribution is 6.38. The van der Waals surface area contributed by atoms with Crippen molar-refractivity contribution in [1.29, 1.82) is 0 Å².